The van der Waals surface area contributed by atoms with Gasteiger partial charge in [-0.3, -0.25) is 4.79 Å². The molecule has 0 N–H and O–H groups in total. The summed E-state index contributed by atoms with van der Waals surface area (Å²) >= 11 is 11.7. The molecule has 0 saturated carbocycles. The largest absolute Gasteiger partial charge is 0.331 e. The number of carbonyl (C=O) groups excluding carboxylic acids is 1. The average molecular weight is 255 g/mol. The van der Waals surface area contributed by atoms with Crippen LogP contribution in [0.5, 0.6) is 0 Å². The molecule has 2 rings (SSSR count). The van der Waals surface area contributed by atoms with Gasteiger partial charge < -0.3 is 4.57 Å². The lowest BCUT2D eigenvalue weighted by atomic mass is 10.1. The molecule has 5 heteroatoms. The zero-order valence-electron chi connectivity index (χ0n) is 8.45. The van der Waals surface area contributed by atoms with Gasteiger partial charge in [-0.05, 0) is 12.1 Å². The van der Waals surface area contributed by atoms with Gasteiger partial charge in [0.1, 0.15) is 5.69 Å². The summed E-state index contributed by atoms with van der Waals surface area (Å²) in [6.45, 7) is 0. The Morgan fingerprint density at radius 1 is 1.31 bits per heavy atom. The maximum Gasteiger partial charge on any atom is 0.168 e. The van der Waals surface area contributed by atoms with E-state index in [4.69, 9.17) is 23.2 Å². The van der Waals surface area contributed by atoms with Crippen molar-refractivity contribution in [3.8, 4) is 11.3 Å². The summed E-state index contributed by atoms with van der Waals surface area (Å²) in [7, 11) is 1.76. The van der Waals surface area contributed by atoms with Gasteiger partial charge in [-0.1, -0.05) is 29.3 Å². The van der Waals surface area contributed by atoms with Gasteiger partial charge in [-0.15, -0.1) is 0 Å². The normalized spacial score (nSPS) is 10.4. The second-order valence-corrected chi connectivity index (χ2v) is 4.15. The molecule has 1 aromatic heterocycles. The predicted octanol–water partition coefficient (Wildman–Crippen LogP) is 3.21. The molecule has 0 radical (unpaired) electrons. The van der Waals surface area contributed by atoms with Crippen LogP contribution in [0.2, 0.25) is 10.0 Å². The van der Waals surface area contributed by atoms with Crippen molar-refractivity contribution in [2.24, 2.45) is 7.05 Å². The number of halogens is 2. The quantitative estimate of drug-likeness (QED) is 0.772. The molecule has 1 aromatic carbocycles. The molecule has 0 unspecified atom stereocenters. The van der Waals surface area contributed by atoms with E-state index >= 15 is 0 Å². The molecule has 0 amide bonds. The molecule has 2 aromatic rings. The summed E-state index contributed by atoms with van der Waals surface area (Å²) in [5.74, 6) is 0. The van der Waals surface area contributed by atoms with E-state index in [1.165, 1.54) is 0 Å². The lowest BCUT2D eigenvalue weighted by Crippen LogP contribution is -1.94. The van der Waals surface area contributed by atoms with Gasteiger partial charge in [0, 0.05) is 12.6 Å². The van der Waals surface area contributed by atoms with Gasteiger partial charge in [0.15, 0.2) is 6.29 Å². The SMILES string of the molecule is Cn1cnc(-c2ccc(Cl)c(Cl)c2)c1C=O. The van der Waals surface area contributed by atoms with Crippen LogP contribution >= 0.6 is 23.2 Å². The standard InChI is InChI=1S/C11H8Cl2N2O/c1-15-6-14-11(10(15)5-16)7-2-3-8(12)9(13)4-7/h2-6H,1H3. The number of benzene rings is 1. The smallest absolute Gasteiger partial charge is 0.168 e. The number of imidazole rings is 1. The monoisotopic (exact) mass is 254 g/mol. The number of aromatic nitrogens is 2. The number of hydrogen-bond donors (Lipinski definition) is 0. The van der Waals surface area contributed by atoms with Gasteiger partial charge in [0.25, 0.3) is 0 Å². The molecule has 0 bridgehead atoms. The van der Waals surface area contributed by atoms with Gasteiger partial charge in [-0.2, -0.15) is 0 Å². The Hall–Kier alpha value is -1.32. The predicted molar refractivity (Wildman–Crippen MR) is 64.1 cm³/mol. The van der Waals surface area contributed by atoms with Crippen LogP contribution in [0, 0.1) is 0 Å². The highest BCUT2D eigenvalue weighted by atomic mass is 35.5. The molecule has 0 atom stereocenters. The summed E-state index contributed by atoms with van der Waals surface area (Å²) in [4.78, 5) is 15.1. The van der Waals surface area contributed by atoms with Crippen LogP contribution < -0.4 is 0 Å². The summed E-state index contributed by atoms with van der Waals surface area (Å²) in [5, 5.41) is 0.927. The lowest BCUT2D eigenvalue weighted by Gasteiger charge is -2.01. The molecule has 0 fully saturated rings. The van der Waals surface area contributed by atoms with Crippen molar-refractivity contribution in [2.45, 2.75) is 0 Å². The van der Waals surface area contributed by atoms with E-state index in [1.54, 1.807) is 36.1 Å². The average Bonchev–Trinajstić information content (AvgIpc) is 2.63. The van der Waals surface area contributed by atoms with Crippen LogP contribution in [-0.4, -0.2) is 15.8 Å². The Kier molecular flexibility index (Phi) is 2.99. The Labute approximate surface area is 103 Å². The van der Waals surface area contributed by atoms with E-state index in [2.05, 4.69) is 4.98 Å². The van der Waals surface area contributed by atoms with Crippen LogP contribution in [-0.2, 0) is 7.05 Å². The van der Waals surface area contributed by atoms with E-state index in [-0.39, 0.29) is 0 Å². The van der Waals surface area contributed by atoms with Crippen molar-refractivity contribution < 1.29 is 4.79 Å². The van der Waals surface area contributed by atoms with Gasteiger partial charge in [0.05, 0.1) is 22.1 Å². The first kappa shape index (κ1) is 11.2. The third kappa shape index (κ3) is 1.84. The van der Waals surface area contributed by atoms with Crippen molar-refractivity contribution in [2.75, 3.05) is 0 Å². The number of carbonyl (C=O) groups is 1. The third-order valence-corrected chi connectivity index (χ3v) is 3.03. The zero-order valence-corrected chi connectivity index (χ0v) is 9.96. The summed E-state index contributed by atoms with van der Waals surface area (Å²) in [5.41, 5.74) is 1.89. The number of nitrogens with zero attached hydrogens (tertiary/aromatic N) is 2. The van der Waals surface area contributed by atoms with E-state index < -0.39 is 0 Å². The number of aldehydes is 1. The zero-order chi connectivity index (χ0) is 11.7. The highest BCUT2D eigenvalue weighted by molar-refractivity contribution is 6.42. The number of rotatable bonds is 2. The second-order valence-electron chi connectivity index (χ2n) is 3.34. The van der Waals surface area contributed by atoms with Crippen molar-refractivity contribution in [1.29, 1.82) is 0 Å². The first-order valence-corrected chi connectivity index (χ1v) is 5.31. The fourth-order valence-electron chi connectivity index (χ4n) is 1.44. The van der Waals surface area contributed by atoms with E-state index in [0.29, 0.717) is 21.4 Å². The molecular weight excluding hydrogens is 247 g/mol. The Morgan fingerprint density at radius 2 is 2.06 bits per heavy atom. The fraction of sp³-hybridized carbons (Fsp3) is 0.0909. The molecule has 1 heterocycles. The van der Waals surface area contributed by atoms with Crippen molar-refractivity contribution in [3.05, 3.63) is 40.3 Å². The van der Waals surface area contributed by atoms with Crippen molar-refractivity contribution >= 4 is 29.5 Å². The minimum atomic E-state index is 0.446. The summed E-state index contributed by atoms with van der Waals surface area (Å²) < 4.78 is 1.66. The van der Waals surface area contributed by atoms with E-state index in [0.717, 1.165) is 11.8 Å². The highest BCUT2D eigenvalue weighted by Gasteiger charge is 2.11. The number of hydrogen-bond acceptors (Lipinski definition) is 2. The fourth-order valence-corrected chi connectivity index (χ4v) is 1.74. The molecular formula is C11H8Cl2N2O. The third-order valence-electron chi connectivity index (χ3n) is 2.29. The van der Waals surface area contributed by atoms with Crippen LogP contribution in [0.15, 0.2) is 24.5 Å². The van der Waals surface area contributed by atoms with Crippen molar-refractivity contribution in [3.63, 3.8) is 0 Å². The maximum atomic E-state index is 10.9. The van der Waals surface area contributed by atoms with Gasteiger partial charge >= 0.3 is 0 Å². The first-order chi connectivity index (χ1) is 7.63. The van der Waals surface area contributed by atoms with E-state index in [1.807, 2.05) is 0 Å². The molecule has 3 nitrogen and oxygen atoms in total. The van der Waals surface area contributed by atoms with Crippen molar-refractivity contribution in [1.82, 2.24) is 9.55 Å². The molecule has 0 spiro atoms. The minimum absolute atomic E-state index is 0.446. The number of aryl methyl sites for hydroxylation is 1. The maximum absolute atomic E-state index is 10.9. The minimum Gasteiger partial charge on any atom is -0.331 e. The Morgan fingerprint density at radius 3 is 2.69 bits per heavy atom. The van der Waals surface area contributed by atoms with E-state index in [9.17, 15) is 4.79 Å². The lowest BCUT2D eigenvalue weighted by molar-refractivity contribution is 0.111. The van der Waals surface area contributed by atoms with Gasteiger partial charge in [0.2, 0.25) is 0 Å². The molecule has 82 valence electrons. The summed E-state index contributed by atoms with van der Waals surface area (Å²) in [6.07, 6.45) is 2.35. The Balaban J connectivity index is 2.58. The molecule has 0 aliphatic carbocycles. The highest BCUT2D eigenvalue weighted by Crippen LogP contribution is 2.28. The van der Waals surface area contributed by atoms with Crippen LogP contribution in [0.3, 0.4) is 0 Å². The molecule has 0 aliphatic rings. The first-order valence-electron chi connectivity index (χ1n) is 4.55. The van der Waals surface area contributed by atoms with Gasteiger partial charge in [-0.25, -0.2) is 4.98 Å². The topological polar surface area (TPSA) is 34.9 Å². The molecule has 16 heavy (non-hydrogen) atoms. The van der Waals surface area contributed by atoms with Crippen LogP contribution in [0.4, 0.5) is 0 Å². The van der Waals surface area contributed by atoms with Crippen LogP contribution in [0.25, 0.3) is 11.3 Å². The molecule has 0 saturated heterocycles. The Bertz CT molecular complexity index is 549. The molecule has 0 aliphatic heterocycles. The summed E-state index contributed by atoms with van der Waals surface area (Å²) in [6, 6.07) is 5.16. The van der Waals surface area contributed by atoms with Crippen LogP contribution in [0.1, 0.15) is 10.5 Å². The second kappa shape index (κ2) is 4.28.